The van der Waals surface area contributed by atoms with Crippen molar-refractivity contribution in [2.45, 2.75) is 38.5 Å². The smallest absolute Gasteiger partial charge is 0.327 e. The number of rotatable bonds is 10. The minimum atomic E-state index is -3.81. The summed E-state index contributed by atoms with van der Waals surface area (Å²) in [5.74, 6) is -0.171. The average molecular weight is 274 g/mol. The summed E-state index contributed by atoms with van der Waals surface area (Å²) in [6.45, 7) is 0.337. The maximum Gasteiger partial charge on any atom is 0.327 e. The molecule has 0 radical (unpaired) electrons. The Morgan fingerprint density at radius 1 is 0.938 bits per heavy atom. The maximum absolute atomic E-state index is 10.4. The zero-order valence-corrected chi connectivity index (χ0v) is 10.8. The highest BCUT2D eigenvalue weighted by Gasteiger charge is 2.03. The summed E-state index contributed by atoms with van der Waals surface area (Å²) in [5, 5.41) is 0. The first-order valence-corrected chi connectivity index (χ1v) is 7.95. The second-order valence-corrected chi connectivity index (χ2v) is 5.83. The zero-order valence-electron chi connectivity index (χ0n) is 9.08. The van der Waals surface area contributed by atoms with E-state index >= 15 is 0 Å². The predicted octanol–water partition coefficient (Wildman–Crippen LogP) is 1.44. The van der Waals surface area contributed by atoms with Crippen molar-refractivity contribution in [1.82, 2.24) is 0 Å². The number of unbranched alkanes of at least 4 members (excludes halogenated alkanes) is 5. The molecule has 0 saturated carbocycles. The van der Waals surface area contributed by atoms with Crippen molar-refractivity contribution in [3.8, 4) is 0 Å². The van der Waals surface area contributed by atoms with Gasteiger partial charge < -0.3 is 14.3 Å². The largest absolute Gasteiger partial charge is 0.328 e. The Labute approximate surface area is 97.4 Å². The third kappa shape index (κ3) is 14.2. The Morgan fingerprint density at radius 3 is 1.94 bits per heavy atom. The molecule has 0 aromatic carbocycles. The van der Waals surface area contributed by atoms with Crippen molar-refractivity contribution in [1.29, 1.82) is 0 Å². The van der Waals surface area contributed by atoms with Crippen molar-refractivity contribution < 1.29 is 27.3 Å². The first kappa shape index (κ1) is 16.2. The third-order valence-corrected chi connectivity index (χ3v) is 3.22. The van der Waals surface area contributed by atoms with E-state index in [1.807, 2.05) is 0 Å². The standard InChI is InChI=1S/C8H19O6PS/c9-15(10)14-7-5-3-1-2-4-6-8-16(11,12)13/h9-10H,1-8H2,(H,11,12,13). The van der Waals surface area contributed by atoms with Crippen LogP contribution in [0.25, 0.3) is 0 Å². The van der Waals surface area contributed by atoms with Gasteiger partial charge in [0.2, 0.25) is 0 Å². The van der Waals surface area contributed by atoms with Crippen LogP contribution in [0.5, 0.6) is 0 Å². The summed E-state index contributed by atoms with van der Waals surface area (Å²) in [7, 11) is -6.05. The Balaban J connectivity index is 3.10. The van der Waals surface area contributed by atoms with Crippen molar-refractivity contribution in [2.75, 3.05) is 12.4 Å². The molecule has 0 saturated heterocycles. The van der Waals surface area contributed by atoms with E-state index in [-0.39, 0.29) is 5.75 Å². The second kappa shape index (κ2) is 9.27. The van der Waals surface area contributed by atoms with Gasteiger partial charge >= 0.3 is 8.60 Å². The Hall–Kier alpha value is 0.220. The Kier molecular flexibility index (Phi) is 9.40. The fraction of sp³-hybridized carbons (Fsp3) is 1.00. The van der Waals surface area contributed by atoms with Crippen LogP contribution in [0.3, 0.4) is 0 Å². The fourth-order valence-corrected chi connectivity index (χ4v) is 2.10. The molecule has 16 heavy (non-hydrogen) atoms. The van der Waals surface area contributed by atoms with E-state index in [1.54, 1.807) is 0 Å². The van der Waals surface area contributed by atoms with Gasteiger partial charge in [-0.3, -0.25) is 4.55 Å². The van der Waals surface area contributed by atoms with Gasteiger partial charge in [-0.15, -0.1) is 0 Å². The Morgan fingerprint density at radius 2 is 1.44 bits per heavy atom. The van der Waals surface area contributed by atoms with Crippen LogP contribution in [-0.4, -0.2) is 35.1 Å². The lowest BCUT2D eigenvalue weighted by atomic mass is 10.1. The van der Waals surface area contributed by atoms with E-state index in [0.29, 0.717) is 13.0 Å². The van der Waals surface area contributed by atoms with Crippen LogP contribution >= 0.6 is 8.60 Å². The number of hydrogen-bond acceptors (Lipinski definition) is 5. The average Bonchev–Trinajstić information content (AvgIpc) is 2.13. The lowest BCUT2D eigenvalue weighted by Crippen LogP contribution is -2.03. The molecule has 0 aliphatic carbocycles. The molecule has 3 N–H and O–H groups in total. The summed E-state index contributed by atoms with van der Waals surface area (Å²) in [6, 6.07) is 0. The molecule has 8 heteroatoms. The van der Waals surface area contributed by atoms with E-state index in [2.05, 4.69) is 4.52 Å². The van der Waals surface area contributed by atoms with Gasteiger partial charge in [-0.1, -0.05) is 25.7 Å². The van der Waals surface area contributed by atoms with E-state index < -0.39 is 18.7 Å². The summed E-state index contributed by atoms with van der Waals surface area (Å²) in [6.07, 6.45) is 4.78. The van der Waals surface area contributed by atoms with Crippen molar-refractivity contribution in [3.05, 3.63) is 0 Å². The van der Waals surface area contributed by atoms with Gasteiger partial charge in [0.1, 0.15) is 0 Å². The molecule has 0 unspecified atom stereocenters. The lowest BCUT2D eigenvalue weighted by molar-refractivity contribution is 0.248. The van der Waals surface area contributed by atoms with Crippen LogP contribution in [0, 0.1) is 0 Å². The molecular weight excluding hydrogens is 255 g/mol. The van der Waals surface area contributed by atoms with Crippen LogP contribution in [-0.2, 0) is 14.6 Å². The molecule has 0 aliphatic rings. The van der Waals surface area contributed by atoms with E-state index in [0.717, 1.165) is 32.1 Å². The Bertz CT molecular complexity index is 253. The molecule has 0 aromatic heterocycles. The molecule has 98 valence electrons. The van der Waals surface area contributed by atoms with E-state index in [1.165, 1.54) is 0 Å². The summed E-state index contributed by atoms with van der Waals surface area (Å²) in [5.41, 5.74) is 0. The van der Waals surface area contributed by atoms with Crippen LogP contribution in [0.2, 0.25) is 0 Å². The summed E-state index contributed by atoms with van der Waals surface area (Å²) >= 11 is 0. The maximum atomic E-state index is 10.4. The summed E-state index contributed by atoms with van der Waals surface area (Å²) < 4.78 is 33.8. The van der Waals surface area contributed by atoms with Gasteiger partial charge in [0.05, 0.1) is 12.4 Å². The highest BCUT2D eigenvalue weighted by atomic mass is 32.2. The van der Waals surface area contributed by atoms with Gasteiger partial charge in [-0.05, 0) is 12.8 Å². The molecule has 0 fully saturated rings. The molecule has 0 heterocycles. The minimum absolute atomic E-state index is 0.171. The van der Waals surface area contributed by atoms with Gasteiger partial charge in [-0.25, -0.2) is 0 Å². The van der Waals surface area contributed by atoms with Crippen LogP contribution in [0.4, 0.5) is 0 Å². The molecule has 0 aliphatic heterocycles. The van der Waals surface area contributed by atoms with Crippen LogP contribution in [0.1, 0.15) is 38.5 Å². The van der Waals surface area contributed by atoms with Crippen LogP contribution < -0.4 is 0 Å². The lowest BCUT2D eigenvalue weighted by Gasteiger charge is -2.03. The molecule has 0 spiro atoms. The van der Waals surface area contributed by atoms with Gasteiger partial charge in [-0.2, -0.15) is 8.42 Å². The first-order valence-electron chi connectivity index (χ1n) is 5.18. The first-order chi connectivity index (χ1) is 7.42. The SMILES string of the molecule is O=S(=O)(O)CCCCCCCCOP(O)O. The van der Waals surface area contributed by atoms with E-state index in [4.69, 9.17) is 14.3 Å². The summed E-state index contributed by atoms with van der Waals surface area (Å²) in [4.78, 5) is 16.8. The van der Waals surface area contributed by atoms with Gasteiger partial charge in [0, 0.05) is 0 Å². The van der Waals surface area contributed by atoms with Crippen molar-refractivity contribution >= 4 is 18.7 Å². The quantitative estimate of drug-likeness (QED) is 0.316. The molecule has 0 amide bonds. The molecule has 0 aromatic rings. The zero-order chi connectivity index (χ0) is 12.4. The molecule has 0 atom stereocenters. The normalized spacial score (nSPS) is 12.2. The number of hydrogen-bond donors (Lipinski definition) is 3. The fourth-order valence-electron chi connectivity index (χ4n) is 1.24. The topological polar surface area (TPSA) is 104 Å². The van der Waals surface area contributed by atoms with Crippen molar-refractivity contribution in [3.63, 3.8) is 0 Å². The molecule has 0 bridgehead atoms. The monoisotopic (exact) mass is 274 g/mol. The third-order valence-electron chi connectivity index (χ3n) is 2.00. The van der Waals surface area contributed by atoms with Gasteiger partial charge in [0.15, 0.2) is 0 Å². The highest BCUT2D eigenvalue weighted by molar-refractivity contribution is 7.85. The highest BCUT2D eigenvalue weighted by Crippen LogP contribution is 2.24. The molecule has 6 nitrogen and oxygen atoms in total. The van der Waals surface area contributed by atoms with E-state index in [9.17, 15) is 8.42 Å². The molecule has 0 rings (SSSR count). The minimum Gasteiger partial charge on any atom is -0.328 e. The van der Waals surface area contributed by atoms with Gasteiger partial charge in [0.25, 0.3) is 10.1 Å². The second-order valence-electron chi connectivity index (χ2n) is 3.49. The predicted molar refractivity (Wildman–Crippen MR) is 61.4 cm³/mol. The molecular formula is C8H19O6PS. The van der Waals surface area contributed by atoms with Crippen molar-refractivity contribution in [2.24, 2.45) is 0 Å². The van der Waals surface area contributed by atoms with Crippen LogP contribution in [0.15, 0.2) is 0 Å².